The van der Waals surface area contributed by atoms with Gasteiger partial charge in [0.1, 0.15) is 18.1 Å². The number of rotatable bonds is 9. The van der Waals surface area contributed by atoms with E-state index in [0.717, 1.165) is 18.4 Å². The Labute approximate surface area is 143 Å². The number of ether oxygens (including phenoxy) is 1. The number of Topliss-reactive ketones (excluding diaryl/α,β-unsaturated/α-hetero) is 1. The molecule has 5 heteroatoms. The molecule has 1 saturated carbocycles. The first kappa shape index (κ1) is 18.3. The van der Waals surface area contributed by atoms with Crippen LogP contribution >= 0.6 is 0 Å². The van der Waals surface area contributed by atoms with Gasteiger partial charge in [0.05, 0.1) is 12.6 Å². The summed E-state index contributed by atoms with van der Waals surface area (Å²) in [6.07, 6.45) is 3.51. The SMILES string of the molecule is C=NN(/C(C(=O)COCC1CCC1)=C(\C)F)[C@H](C)c1ccccc1. The van der Waals surface area contributed by atoms with Gasteiger partial charge in [0.25, 0.3) is 0 Å². The van der Waals surface area contributed by atoms with Gasteiger partial charge in [0.15, 0.2) is 0 Å². The van der Waals surface area contributed by atoms with Gasteiger partial charge in [-0.2, -0.15) is 5.10 Å². The van der Waals surface area contributed by atoms with Crippen molar-refractivity contribution < 1.29 is 13.9 Å². The normalized spacial score (nSPS) is 16.8. The van der Waals surface area contributed by atoms with Crippen LogP contribution in [0, 0.1) is 5.92 Å². The summed E-state index contributed by atoms with van der Waals surface area (Å²) in [5.41, 5.74) is 0.835. The summed E-state index contributed by atoms with van der Waals surface area (Å²) in [6.45, 7) is 7.04. The van der Waals surface area contributed by atoms with Gasteiger partial charge in [0.2, 0.25) is 5.78 Å². The van der Waals surface area contributed by atoms with E-state index < -0.39 is 11.6 Å². The Morgan fingerprint density at radius 1 is 1.42 bits per heavy atom. The molecule has 2 rings (SSSR count). The lowest BCUT2D eigenvalue weighted by molar-refractivity contribution is -0.122. The Hall–Kier alpha value is -2.01. The van der Waals surface area contributed by atoms with Crippen LogP contribution in [-0.2, 0) is 9.53 Å². The molecule has 0 amide bonds. The molecular weight excluding hydrogens is 307 g/mol. The van der Waals surface area contributed by atoms with Crippen molar-refractivity contribution in [2.45, 2.75) is 39.2 Å². The minimum atomic E-state index is -0.581. The summed E-state index contributed by atoms with van der Waals surface area (Å²) in [5.74, 6) is -0.458. The monoisotopic (exact) mass is 332 g/mol. The van der Waals surface area contributed by atoms with Crippen LogP contribution in [0.1, 0.15) is 44.7 Å². The third kappa shape index (κ3) is 4.51. The van der Waals surface area contributed by atoms with Gasteiger partial charge in [-0.15, -0.1) is 0 Å². The molecule has 1 aromatic rings. The molecule has 1 fully saturated rings. The zero-order valence-electron chi connectivity index (χ0n) is 14.4. The van der Waals surface area contributed by atoms with Crippen molar-refractivity contribution in [1.82, 2.24) is 5.01 Å². The Morgan fingerprint density at radius 3 is 2.58 bits per heavy atom. The molecule has 0 aliphatic heterocycles. The van der Waals surface area contributed by atoms with E-state index in [1.54, 1.807) is 0 Å². The van der Waals surface area contributed by atoms with Crippen LogP contribution in [0.5, 0.6) is 0 Å². The summed E-state index contributed by atoms with van der Waals surface area (Å²) < 4.78 is 19.5. The number of hydrazone groups is 1. The fourth-order valence-electron chi connectivity index (χ4n) is 2.78. The predicted octanol–water partition coefficient (Wildman–Crippen LogP) is 4.25. The molecule has 1 atom stereocenters. The number of benzene rings is 1. The molecule has 0 saturated heterocycles. The molecule has 1 aliphatic rings. The number of carbonyl (C=O) groups excluding carboxylic acids is 1. The number of ketones is 1. The number of hydrogen-bond acceptors (Lipinski definition) is 4. The lowest BCUT2D eigenvalue weighted by Crippen LogP contribution is -2.29. The zero-order valence-corrected chi connectivity index (χ0v) is 14.4. The summed E-state index contributed by atoms with van der Waals surface area (Å²) in [6, 6.07) is 9.19. The van der Waals surface area contributed by atoms with E-state index in [0.29, 0.717) is 12.5 Å². The number of nitrogens with zero attached hydrogens (tertiary/aromatic N) is 2. The Kier molecular flexibility index (Phi) is 6.67. The molecule has 0 radical (unpaired) electrons. The third-order valence-corrected chi connectivity index (χ3v) is 4.43. The molecule has 1 aliphatic carbocycles. The maximum Gasteiger partial charge on any atom is 0.209 e. The van der Waals surface area contributed by atoms with Crippen molar-refractivity contribution in [2.75, 3.05) is 13.2 Å². The minimum absolute atomic E-state index is 0.0880. The highest BCUT2D eigenvalue weighted by molar-refractivity contribution is 5.96. The van der Waals surface area contributed by atoms with Crippen molar-refractivity contribution in [3.05, 3.63) is 47.4 Å². The number of halogens is 1. The zero-order chi connectivity index (χ0) is 17.5. The van der Waals surface area contributed by atoms with E-state index in [-0.39, 0.29) is 18.3 Å². The van der Waals surface area contributed by atoms with E-state index in [4.69, 9.17) is 4.74 Å². The number of allylic oxidation sites excluding steroid dienone is 1. The minimum Gasteiger partial charge on any atom is -0.373 e. The average Bonchev–Trinajstić information content (AvgIpc) is 2.54. The lowest BCUT2D eigenvalue weighted by atomic mass is 9.86. The van der Waals surface area contributed by atoms with Crippen molar-refractivity contribution >= 4 is 12.5 Å². The van der Waals surface area contributed by atoms with Gasteiger partial charge >= 0.3 is 0 Å². The maximum atomic E-state index is 14.1. The highest BCUT2D eigenvalue weighted by Gasteiger charge is 2.26. The standard InChI is InChI=1S/C19H25FN2O2/c1-14(20)19(18(23)13-24-12-16-8-7-9-16)22(21-3)15(2)17-10-5-4-6-11-17/h4-6,10-11,15-16H,3,7-9,12-13H2,1-2H3/b19-14+/t15-/m1/s1. The second-order valence-corrected chi connectivity index (χ2v) is 6.19. The maximum absolute atomic E-state index is 14.1. The van der Waals surface area contributed by atoms with Crippen molar-refractivity contribution in [2.24, 2.45) is 11.0 Å². The fraction of sp³-hybridized carbons (Fsp3) is 0.474. The number of carbonyl (C=O) groups is 1. The van der Waals surface area contributed by atoms with Crippen LogP contribution in [0.25, 0.3) is 0 Å². The van der Waals surface area contributed by atoms with Gasteiger partial charge in [-0.05, 0) is 38.2 Å². The fourth-order valence-corrected chi connectivity index (χ4v) is 2.78. The molecular formula is C19H25FN2O2. The van der Waals surface area contributed by atoms with Crippen LogP contribution < -0.4 is 0 Å². The van der Waals surface area contributed by atoms with Crippen LogP contribution in [0.2, 0.25) is 0 Å². The summed E-state index contributed by atoms with van der Waals surface area (Å²) >= 11 is 0. The van der Waals surface area contributed by atoms with E-state index in [1.807, 2.05) is 37.3 Å². The third-order valence-electron chi connectivity index (χ3n) is 4.43. The van der Waals surface area contributed by atoms with E-state index in [9.17, 15) is 9.18 Å². The van der Waals surface area contributed by atoms with E-state index in [1.165, 1.54) is 18.4 Å². The van der Waals surface area contributed by atoms with Gasteiger partial charge in [0, 0.05) is 6.72 Å². The van der Waals surface area contributed by atoms with Gasteiger partial charge < -0.3 is 4.74 Å². The van der Waals surface area contributed by atoms with Crippen molar-refractivity contribution in [3.8, 4) is 0 Å². The molecule has 0 bridgehead atoms. The van der Waals surface area contributed by atoms with Crippen LogP contribution in [0.4, 0.5) is 4.39 Å². The van der Waals surface area contributed by atoms with Crippen LogP contribution in [0.3, 0.4) is 0 Å². The van der Waals surface area contributed by atoms with Gasteiger partial charge in [-0.3, -0.25) is 9.80 Å². The van der Waals surface area contributed by atoms with Crippen molar-refractivity contribution in [1.29, 1.82) is 0 Å². The Bertz CT molecular complexity index is 593. The van der Waals surface area contributed by atoms with Crippen LogP contribution in [-0.4, -0.2) is 30.7 Å². The molecule has 24 heavy (non-hydrogen) atoms. The quantitative estimate of drug-likeness (QED) is 0.386. The molecule has 130 valence electrons. The summed E-state index contributed by atoms with van der Waals surface area (Å²) in [5, 5.41) is 5.22. The highest BCUT2D eigenvalue weighted by Crippen LogP contribution is 2.28. The molecule has 1 aromatic carbocycles. The number of hydrogen-bond donors (Lipinski definition) is 0. The second-order valence-electron chi connectivity index (χ2n) is 6.19. The molecule has 0 unspecified atom stereocenters. The topological polar surface area (TPSA) is 41.9 Å². The lowest BCUT2D eigenvalue weighted by Gasteiger charge is -2.28. The van der Waals surface area contributed by atoms with E-state index >= 15 is 0 Å². The molecule has 0 N–H and O–H groups in total. The van der Waals surface area contributed by atoms with E-state index in [2.05, 4.69) is 11.8 Å². The molecule has 0 heterocycles. The Balaban J connectivity index is 2.07. The largest absolute Gasteiger partial charge is 0.373 e. The molecule has 4 nitrogen and oxygen atoms in total. The first-order valence-electron chi connectivity index (χ1n) is 8.32. The average molecular weight is 332 g/mol. The second kappa shape index (κ2) is 8.73. The van der Waals surface area contributed by atoms with Crippen molar-refractivity contribution in [3.63, 3.8) is 0 Å². The molecule has 0 spiro atoms. The Morgan fingerprint density at radius 2 is 2.08 bits per heavy atom. The van der Waals surface area contributed by atoms with Gasteiger partial charge in [-0.25, -0.2) is 4.39 Å². The smallest absolute Gasteiger partial charge is 0.209 e. The first-order chi connectivity index (χ1) is 11.5. The first-order valence-corrected chi connectivity index (χ1v) is 8.32. The predicted molar refractivity (Wildman–Crippen MR) is 93.2 cm³/mol. The van der Waals surface area contributed by atoms with Gasteiger partial charge in [-0.1, -0.05) is 36.8 Å². The highest BCUT2D eigenvalue weighted by atomic mass is 19.1. The molecule has 0 aromatic heterocycles. The summed E-state index contributed by atoms with van der Waals surface area (Å²) in [7, 11) is 0. The van der Waals surface area contributed by atoms with Crippen LogP contribution in [0.15, 0.2) is 47.0 Å². The summed E-state index contributed by atoms with van der Waals surface area (Å²) in [4.78, 5) is 12.5.